The van der Waals surface area contributed by atoms with Crippen LogP contribution in [0.1, 0.15) is 33.3 Å². The fourth-order valence-corrected chi connectivity index (χ4v) is 1.88. The molecule has 1 aromatic heterocycles. The number of benzene rings is 1. The molecule has 2 amide bonds. The molecule has 2 rings (SSSR count). The maximum absolute atomic E-state index is 11.9. The topological polar surface area (TPSA) is 106 Å². The van der Waals surface area contributed by atoms with Crippen molar-refractivity contribution in [3.8, 4) is 0 Å². The lowest BCUT2D eigenvalue weighted by atomic mass is 10.2. The van der Waals surface area contributed by atoms with Crippen molar-refractivity contribution in [3.05, 3.63) is 36.2 Å². The van der Waals surface area contributed by atoms with Gasteiger partial charge in [0.15, 0.2) is 0 Å². The molecule has 0 aliphatic rings. The van der Waals surface area contributed by atoms with Crippen molar-refractivity contribution in [1.82, 2.24) is 20.7 Å². The second-order valence-electron chi connectivity index (χ2n) is 6.41. The van der Waals surface area contributed by atoms with Gasteiger partial charge in [-0.2, -0.15) is 5.10 Å². The lowest BCUT2D eigenvalue weighted by molar-refractivity contribution is -0.122. The molecule has 0 fully saturated rings. The zero-order valence-corrected chi connectivity index (χ0v) is 14.6. The zero-order chi connectivity index (χ0) is 18.4. The second-order valence-corrected chi connectivity index (χ2v) is 6.41. The first-order valence-electron chi connectivity index (χ1n) is 7.78. The van der Waals surface area contributed by atoms with Crippen LogP contribution in [-0.4, -0.2) is 39.8 Å². The lowest BCUT2D eigenvalue weighted by Gasteiger charge is -2.21. The molecule has 0 saturated carbocycles. The van der Waals surface area contributed by atoms with Crippen molar-refractivity contribution in [3.63, 3.8) is 0 Å². The van der Waals surface area contributed by atoms with Crippen LogP contribution in [0.4, 0.5) is 4.79 Å². The summed E-state index contributed by atoms with van der Waals surface area (Å²) in [7, 11) is 0. The van der Waals surface area contributed by atoms with Crippen molar-refractivity contribution < 1.29 is 14.3 Å². The van der Waals surface area contributed by atoms with Gasteiger partial charge in [0, 0.05) is 12.4 Å². The molecule has 2 N–H and O–H groups in total. The fourth-order valence-electron chi connectivity index (χ4n) is 1.88. The average molecular weight is 343 g/mol. The van der Waals surface area contributed by atoms with Gasteiger partial charge < -0.3 is 10.1 Å². The van der Waals surface area contributed by atoms with E-state index in [1.807, 2.05) is 12.1 Å². The first-order chi connectivity index (χ1) is 11.7. The summed E-state index contributed by atoms with van der Waals surface area (Å²) in [4.78, 5) is 31.9. The minimum Gasteiger partial charge on any atom is -0.444 e. The zero-order valence-electron chi connectivity index (χ0n) is 14.6. The molecule has 0 aliphatic heterocycles. The number of nitrogens with zero attached hydrogens (tertiary/aromatic N) is 3. The number of amides is 2. The Balaban J connectivity index is 1.89. The highest BCUT2D eigenvalue weighted by molar-refractivity contribution is 5.89. The smallest absolute Gasteiger partial charge is 0.408 e. The Morgan fingerprint density at radius 1 is 1.20 bits per heavy atom. The Hall–Kier alpha value is -3.03. The molecule has 0 bridgehead atoms. The number of rotatable bonds is 4. The van der Waals surface area contributed by atoms with Gasteiger partial charge in [-0.3, -0.25) is 14.8 Å². The number of hydrazone groups is 1. The molecule has 0 aliphatic carbocycles. The van der Waals surface area contributed by atoms with E-state index in [1.165, 1.54) is 6.21 Å². The van der Waals surface area contributed by atoms with Crippen LogP contribution in [0.3, 0.4) is 0 Å². The molecule has 0 saturated heterocycles. The van der Waals surface area contributed by atoms with Gasteiger partial charge in [-0.25, -0.2) is 10.2 Å². The van der Waals surface area contributed by atoms with E-state index in [-0.39, 0.29) is 0 Å². The van der Waals surface area contributed by atoms with Crippen molar-refractivity contribution in [2.45, 2.75) is 39.3 Å². The third-order valence-corrected chi connectivity index (χ3v) is 3.01. The van der Waals surface area contributed by atoms with Crippen molar-refractivity contribution in [1.29, 1.82) is 0 Å². The molecule has 2 aromatic rings. The highest BCUT2D eigenvalue weighted by Crippen LogP contribution is 2.09. The monoisotopic (exact) mass is 343 g/mol. The third kappa shape index (κ3) is 5.83. The normalized spacial score (nSPS) is 12.8. The van der Waals surface area contributed by atoms with E-state index in [0.717, 1.165) is 16.6 Å². The number of hydrogen-bond donors (Lipinski definition) is 2. The van der Waals surface area contributed by atoms with E-state index in [0.29, 0.717) is 0 Å². The summed E-state index contributed by atoms with van der Waals surface area (Å²) in [6.07, 6.45) is 4.06. The van der Waals surface area contributed by atoms with Gasteiger partial charge in [-0.1, -0.05) is 6.07 Å². The van der Waals surface area contributed by atoms with Crippen molar-refractivity contribution in [2.75, 3.05) is 0 Å². The summed E-state index contributed by atoms with van der Waals surface area (Å²) in [6, 6.07) is 4.66. The van der Waals surface area contributed by atoms with Crippen molar-refractivity contribution in [2.24, 2.45) is 5.10 Å². The molecule has 0 radical (unpaired) electrons. The predicted octanol–water partition coefficient (Wildman–Crippen LogP) is 1.99. The van der Waals surface area contributed by atoms with Gasteiger partial charge >= 0.3 is 6.09 Å². The predicted molar refractivity (Wildman–Crippen MR) is 94.1 cm³/mol. The van der Waals surface area contributed by atoms with Gasteiger partial charge in [0.25, 0.3) is 5.91 Å². The maximum Gasteiger partial charge on any atom is 0.408 e. The first kappa shape index (κ1) is 18.3. The Bertz CT molecular complexity index is 798. The summed E-state index contributed by atoms with van der Waals surface area (Å²) in [5.74, 6) is -0.456. The molecule has 1 aromatic carbocycles. The molecule has 0 unspecified atom stereocenters. The fraction of sp³-hybridized carbons (Fsp3) is 0.353. The minimum atomic E-state index is -0.783. The molecule has 0 spiro atoms. The van der Waals surface area contributed by atoms with Crippen LogP contribution >= 0.6 is 0 Å². The van der Waals surface area contributed by atoms with E-state index in [9.17, 15) is 9.59 Å². The van der Waals surface area contributed by atoms with E-state index in [1.54, 1.807) is 46.2 Å². The Kier molecular flexibility index (Phi) is 5.63. The number of carbonyl (C=O) groups excluding carboxylic acids is 2. The summed E-state index contributed by atoms with van der Waals surface area (Å²) in [6.45, 7) is 6.78. The molecule has 1 atom stereocenters. The molecule has 8 nitrogen and oxygen atoms in total. The SMILES string of the molecule is C[C@H](NC(=O)OC(C)(C)C)C(=O)N/N=C/c1ccc2nccnc2c1. The van der Waals surface area contributed by atoms with Crippen LogP contribution in [0, 0.1) is 0 Å². The Morgan fingerprint density at radius 2 is 1.88 bits per heavy atom. The quantitative estimate of drug-likeness (QED) is 0.652. The van der Waals surface area contributed by atoms with Gasteiger partial charge in [-0.05, 0) is 45.4 Å². The third-order valence-electron chi connectivity index (χ3n) is 3.01. The second kappa shape index (κ2) is 7.69. The highest BCUT2D eigenvalue weighted by Gasteiger charge is 2.20. The molecule has 1 heterocycles. The minimum absolute atomic E-state index is 0.456. The Labute approximate surface area is 145 Å². The number of ether oxygens (including phenoxy) is 1. The summed E-state index contributed by atoms with van der Waals surface area (Å²) < 4.78 is 5.09. The maximum atomic E-state index is 11.9. The number of alkyl carbamates (subject to hydrolysis) is 1. The first-order valence-corrected chi connectivity index (χ1v) is 7.78. The largest absolute Gasteiger partial charge is 0.444 e. The molecule has 25 heavy (non-hydrogen) atoms. The van der Waals surface area contributed by atoms with E-state index in [2.05, 4.69) is 25.8 Å². The summed E-state index contributed by atoms with van der Waals surface area (Å²) >= 11 is 0. The van der Waals surface area contributed by atoms with Crippen LogP contribution in [0.25, 0.3) is 11.0 Å². The lowest BCUT2D eigenvalue weighted by Crippen LogP contribution is -2.45. The molecular formula is C17H21N5O3. The summed E-state index contributed by atoms with van der Waals surface area (Å²) in [5.41, 5.74) is 4.02. The number of fused-ring (bicyclic) bond motifs is 1. The number of carbonyl (C=O) groups is 2. The van der Waals surface area contributed by atoms with Gasteiger partial charge in [0.05, 0.1) is 17.2 Å². The number of hydrogen-bond acceptors (Lipinski definition) is 6. The van der Waals surface area contributed by atoms with Crippen molar-refractivity contribution >= 4 is 29.2 Å². The van der Waals surface area contributed by atoms with Gasteiger partial charge in [0.1, 0.15) is 11.6 Å². The standard InChI is InChI=1S/C17H21N5O3/c1-11(21-16(24)25-17(2,3)4)15(23)22-20-10-12-5-6-13-14(9-12)19-8-7-18-13/h5-11H,1-4H3,(H,21,24)(H,22,23)/b20-10+/t11-/m0/s1. The van der Waals surface area contributed by atoms with Crippen LogP contribution in [0.15, 0.2) is 35.7 Å². The van der Waals surface area contributed by atoms with Crippen LogP contribution in [-0.2, 0) is 9.53 Å². The van der Waals surface area contributed by atoms with Crippen LogP contribution in [0.2, 0.25) is 0 Å². The van der Waals surface area contributed by atoms with E-state index in [4.69, 9.17) is 4.74 Å². The number of nitrogens with one attached hydrogen (secondary N) is 2. The van der Waals surface area contributed by atoms with Crippen LogP contribution in [0.5, 0.6) is 0 Å². The highest BCUT2D eigenvalue weighted by atomic mass is 16.6. The van der Waals surface area contributed by atoms with E-state index >= 15 is 0 Å². The molecular weight excluding hydrogens is 322 g/mol. The van der Waals surface area contributed by atoms with Gasteiger partial charge in [-0.15, -0.1) is 0 Å². The average Bonchev–Trinajstić information content (AvgIpc) is 2.52. The van der Waals surface area contributed by atoms with Crippen LogP contribution < -0.4 is 10.7 Å². The summed E-state index contributed by atoms with van der Waals surface area (Å²) in [5, 5.41) is 6.33. The number of aromatic nitrogens is 2. The van der Waals surface area contributed by atoms with E-state index < -0.39 is 23.6 Å². The Morgan fingerprint density at radius 3 is 2.56 bits per heavy atom. The molecule has 132 valence electrons. The molecule has 8 heteroatoms. The van der Waals surface area contributed by atoms with Gasteiger partial charge in [0.2, 0.25) is 0 Å².